The molecule has 0 radical (unpaired) electrons. The minimum absolute atomic E-state index is 0.0537. The maximum absolute atomic E-state index is 13.9. The zero-order chi connectivity index (χ0) is 38.9. The van der Waals surface area contributed by atoms with Crippen LogP contribution in [-0.2, 0) is 4.79 Å². The fourth-order valence-corrected chi connectivity index (χ4v) is 9.09. The van der Waals surface area contributed by atoms with E-state index < -0.39 is 0 Å². The van der Waals surface area contributed by atoms with Crippen molar-refractivity contribution in [2.24, 2.45) is 0 Å². The number of nitrogens with zero attached hydrogens (tertiary/aromatic N) is 6. The normalized spacial score (nSPS) is 17.4. The van der Waals surface area contributed by atoms with Gasteiger partial charge in [0.25, 0.3) is 5.91 Å². The molecule has 2 saturated heterocycles. The summed E-state index contributed by atoms with van der Waals surface area (Å²) in [6.45, 7) is 1.40. The number of amides is 2. The summed E-state index contributed by atoms with van der Waals surface area (Å²) in [4.78, 5) is 54.7. The van der Waals surface area contributed by atoms with Gasteiger partial charge in [-0.25, -0.2) is 15.0 Å². The predicted molar refractivity (Wildman–Crippen MR) is 224 cm³/mol. The van der Waals surface area contributed by atoms with E-state index in [-0.39, 0.29) is 29.9 Å². The van der Waals surface area contributed by atoms with E-state index in [1.54, 1.807) is 0 Å². The maximum Gasteiger partial charge on any atom is 0.273 e. The van der Waals surface area contributed by atoms with Gasteiger partial charge in [0.2, 0.25) is 5.91 Å². The highest BCUT2D eigenvalue weighted by Gasteiger charge is 2.37. The summed E-state index contributed by atoms with van der Waals surface area (Å²) in [5.74, 6) is 1.68. The van der Waals surface area contributed by atoms with Crippen LogP contribution >= 0.6 is 11.3 Å². The molecular formula is C46H44N8O2S. The van der Waals surface area contributed by atoms with Crippen LogP contribution in [0.25, 0.3) is 44.2 Å². The molecule has 57 heavy (non-hydrogen) atoms. The number of H-pyrrole nitrogens is 2. The molecule has 5 heterocycles. The molecule has 4 aromatic carbocycles. The number of nitrogens with one attached hydrogen (secondary N) is 2. The number of likely N-dealkylation sites (N-methyl/N-ethyl adjacent to an activating group) is 1. The smallest absolute Gasteiger partial charge is 0.273 e. The highest BCUT2D eigenvalue weighted by atomic mass is 32.1. The number of thiazole rings is 1. The molecule has 3 atom stereocenters. The van der Waals surface area contributed by atoms with Crippen LogP contribution in [-0.4, -0.2) is 78.6 Å². The summed E-state index contributed by atoms with van der Waals surface area (Å²) < 4.78 is 0. The molecule has 2 fully saturated rings. The van der Waals surface area contributed by atoms with E-state index in [1.165, 1.54) is 11.3 Å². The molecule has 1 unspecified atom stereocenters. The van der Waals surface area contributed by atoms with Crippen molar-refractivity contribution in [1.82, 2.24) is 39.6 Å². The average molecular weight is 773 g/mol. The van der Waals surface area contributed by atoms with Crippen LogP contribution in [0.4, 0.5) is 0 Å². The second kappa shape index (κ2) is 15.8. The Morgan fingerprint density at radius 1 is 0.667 bits per heavy atom. The van der Waals surface area contributed by atoms with Gasteiger partial charge >= 0.3 is 0 Å². The lowest BCUT2D eigenvalue weighted by molar-refractivity contribution is -0.137. The van der Waals surface area contributed by atoms with Gasteiger partial charge in [0.1, 0.15) is 28.4 Å². The number of rotatable bonds is 10. The van der Waals surface area contributed by atoms with Crippen molar-refractivity contribution in [3.05, 3.63) is 150 Å². The number of imidazole rings is 2. The molecule has 0 saturated carbocycles. The Morgan fingerprint density at radius 3 is 1.74 bits per heavy atom. The summed E-state index contributed by atoms with van der Waals surface area (Å²) in [5, 5.41) is 2.71. The quantitative estimate of drug-likeness (QED) is 0.143. The van der Waals surface area contributed by atoms with Gasteiger partial charge in [-0.15, -0.1) is 11.3 Å². The predicted octanol–water partition coefficient (Wildman–Crippen LogP) is 9.20. The minimum atomic E-state index is -0.343. The van der Waals surface area contributed by atoms with Crippen molar-refractivity contribution >= 4 is 23.2 Å². The Bertz CT molecular complexity index is 2470. The molecule has 2 aliphatic rings. The van der Waals surface area contributed by atoms with E-state index in [0.29, 0.717) is 12.2 Å². The molecular weight excluding hydrogens is 729 g/mol. The van der Waals surface area contributed by atoms with Crippen molar-refractivity contribution < 1.29 is 9.59 Å². The zero-order valence-electron chi connectivity index (χ0n) is 32.0. The Labute approximate surface area is 336 Å². The highest BCUT2D eigenvalue weighted by molar-refractivity contribution is 7.13. The first kappa shape index (κ1) is 36.5. The van der Waals surface area contributed by atoms with Crippen LogP contribution in [0.1, 0.15) is 71.5 Å². The van der Waals surface area contributed by atoms with Crippen LogP contribution < -0.4 is 0 Å². The Balaban J connectivity index is 0.853. The molecule has 0 spiro atoms. The van der Waals surface area contributed by atoms with Crippen LogP contribution in [0, 0.1) is 0 Å². The van der Waals surface area contributed by atoms with Gasteiger partial charge in [0.05, 0.1) is 35.9 Å². The van der Waals surface area contributed by atoms with Crippen LogP contribution in [0.15, 0.2) is 127 Å². The van der Waals surface area contributed by atoms with Crippen molar-refractivity contribution in [1.29, 1.82) is 0 Å². The molecule has 2 aliphatic heterocycles. The lowest BCUT2D eigenvalue weighted by atomic mass is 10.0. The third-order valence-electron chi connectivity index (χ3n) is 11.2. The molecule has 3 aromatic heterocycles. The zero-order valence-corrected chi connectivity index (χ0v) is 32.8. The molecule has 2 N–H and O–H groups in total. The number of benzene rings is 4. The van der Waals surface area contributed by atoms with Crippen LogP contribution in [0.2, 0.25) is 0 Å². The number of hydrogen-bond acceptors (Lipinski definition) is 7. The number of likely N-dealkylation sites (tertiary alicyclic amines) is 2. The molecule has 0 bridgehead atoms. The van der Waals surface area contributed by atoms with E-state index in [0.717, 1.165) is 93.7 Å². The first-order chi connectivity index (χ1) is 27.9. The molecule has 286 valence electrons. The van der Waals surface area contributed by atoms with Gasteiger partial charge in [-0.2, -0.15) is 0 Å². The van der Waals surface area contributed by atoms with E-state index >= 15 is 0 Å². The summed E-state index contributed by atoms with van der Waals surface area (Å²) in [7, 11) is 3.92. The van der Waals surface area contributed by atoms with Crippen molar-refractivity contribution in [2.45, 2.75) is 43.8 Å². The summed E-state index contributed by atoms with van der Waals surface area (Å²) in [5.41, 5.74) is 8.62. The van der Waals surface area contributed by atoms with Gasteiger partial charge < -0.3 is 19.8 Å². The minimum Gasteiger partial charge on any atom is -0.340 e. The van der Waals surface area contributed by atoms with E-state index in [1.807, 2.05) is 107 Å². The van der Waals surface area contributed by atoms with Gasteiger partial charge in [-0.3, -0.25) is 14.5 Å². The third-order valence-corrected chi connectivity index (χ3v) is 12.1. The summed E-state index contributed by atoms with van der Waals surface area (Å²) >= 11 is 1.50. The monoisotopic (exact) mass is 772 g/mol. The number of carbonyl (C=O) groups excluding carboxylic acids is 2. The van der Waals surface area contributed by atoms with E-state index in [9.17, 15) is 9.59 Å². The van der Waals surface area contributed by atoms with Crippen molar-refractivity contribution in [3.8, 4) is 44.2 Å². The molecule has 7 aromatic rings. The average Bonchev–Trinajstić information content (AvgIpc) is 4.11. The molecule has 10 nitrogen and oxygen atoms in total. The first-order valence-electron chi connectivity index (χ1n) is 19.6. The van der Waals surface area contributed by atoms with E-state index in [2.05, 4.69) is 63.5 Å². The van der Waals surface area contributed by atoms with Gasteiger partial charge in [-0.1, -0.05) is 109 Å². The number of aromatic amines is 2. The molecule has 2 amide bonds. The van der Waals surface area contributed by atoms with Crippen molar-refractivity contribution in [2.75, 3.05) is 27.2 Å². The maximum atomic E-state index is 13.9. The SMILES string of the molecule is CN(C)C(C(=O)N1CCC[C@H]1c1ncc(-c2ccc(-c3ccc(-c4cnc([C@@H]5CCCN5C(=O)c5csc(-c6ccccc6)n5)[nH]4)cc3)cc2)[nH]1)c1ccccc1. The van der Waals surface area contributed by atoms with Gasteiger partial charge in [0, 0.05) is 24.0 Å². The van der Waals surface area contributed by atoms with E-state index in [4.69, 9.17) is 9.97 Å². The molecule has 9 rings (SSSR count). The van der Waals surface area contributed by atoms with Crippen LogP contribution in [0.5, 0.6) is 0 Å². The third kappa shape index (κ3) is 7.32. The highest BCUT2D eigenvalue weighted by Crippen LogP contribution is 2.37. The largest absolute Gasteiger partial charge is 0.340 e. The summed E-state index contributed by atoms with van der Waals surface area (Å²) in [6, 6.07) is 36.3. The fraction of sp³-hybridized carbons (Fsp3) is 0.239. The second-order valence-electron chi connectivity index (χ2n) is 15.0. The van der Waals surface area contributed by atoms with Gasteiger partial charge in [0.15, 0.2) is 0 Å². The lowest BCUT2D eigenvalue weighted by Gasteiger charge is -2.31. The molecule has 0 aliphatic carbocycles. The van der Waals surface area contributed by atoms with Crippen LogP contribution in [0.3, 0.4) is 0 Å². The Morgan fingerprint density at radius 2 is 1.18 bits per heavy atom. The van der Waals surface area contributed by atoms with Crippen molar-refractivity contribution in [3.63, 3.8) is 0 Å². The lowest BCUT2D eigenvalue weighted by Crippen LogP contribution is -2.40. The number of aromatic nitrogens is 5. The molecule has 11 heteroatoms. The number of hydrogen-bond donors (Lipinski definition) is 2. The number of carbonyl (C=O) groups is 2. The topological polar surface area (TPSA) is 114 Å². The fourth-order valence-electron chi connectivity index (χ4n) is 8.29. The Hall–Kier alpha value is -6.17. The summed E-state index contributed by atoms with van der Waals surface area (Å²) in [6.07, 6.45) is 7.34. The second-order valence-corrected chi connectivity index (χ2v) is 15.9. The first-order valence-corrected chi connectivity index (χ1v) is 20.4. The Kier molecular flexibility index (Phi) is 10.1. The van der Waals surface area contributed by atoms with Gasteiger partial charge in [-0.05, 0) is 67.6 Å². The standard InChI is InChI=1S/C46H44N8O2S/c1-52(2)41(34-11-5-3-6-12-34)46(56)54-26-10-16-40(54)43-48-28-37(50-43)33-23-19-31(20-24-33)30-17-21-32(22-18-30)36-27-47-42(49-36)39-15-9-25-53(39)45(55)38-29-57-44(51-38)35-13-7-4-8-14-35/h3-8,11-14,17-24,27-29,39-41H,9-10,15-16,25-26H2,1-2H3,(H,47,49)(H,48,50)/t39-,40-,41?/m0/s1.